The first-order valence-electron chi connectivity index (χ1n) is 9.55. The van der Waals surface area contributed by atoms with Crippen LogP contribution in [0.15, 0.2) is 48.8 Å². The van der Waals surface area contributed by atoms with Gasteiger partial charge in [0.1, 0.15) is 5.75 Å². The van der Waals surface area contributed by atoms with Gasteiger partial charge in [-0.3, -0.25) is 9.89 Å². The molecule has 0 bridgehead atoms. The van der Waals surface area contributed by atoms with Gasteiger partial charge in [0.25, 0.3) is 0 Å². The zero-order valence-electron chi connectivity index (χ0n) is 15.6. The standard InChI is InChI=1S/C22H25N3O2/c1-27-21-7-6-17-11-19(5-4-18(17)12-21)22(26)20-3-2-9-25(15-20)10-8-16-13-23-24-14-16/h4-7,11-14,20H,2-3,8-10,15H2,1H3,(H,23,24)/t20-/m1/s1. The van der Waals surface area contributed by atoms with Crippen molar-refractivity contribution < 1.29 is 9.53 Å². The Morgan fingerprint density at radius 1 is 1.26 bits per heavy atom. The second-order valence-electron chi connectivity index (χ2n) is 7.29. The lowest BCUT2D eigenvalue weighted by Gasteiger charge is -2.32. The van der Waals surface area contributed by atoms with Crippen molar-refractivity contribution in [2.75, 3.05) is 26.7 Å². The first-order chi connectivity index (χ1) is 13.2. The number of carbonyl (C=O) groups excluding carboxylic acids is 1. The summed E-state index contributed by atoms with van der Waals surface area (Å²) in [7, 11) is 1.67. The number of Topliss-reactive ketones (excluding diaryl/α,β-unsaturated/α-hetero) is 1. The largest absolute Gasteiger partial charge is 0.497 e. The van der Waals surface area contributed by atoms with E-state index in [1.165, 1.54) is 5.56 Å². The van der Waals surface area contributed by atoms with Crippen molar-refractivity contribution in [3.05, 3.63) is 59.9 Å². The van der Waals surface area contributed by atoms with Crippen LogP contribution in [0, 0.1) is 5.92 Å². The summed E-state index contributed by atoms with van der Waals surface area (Å²) in [6, 6.07) is 11.9. The Kier molecular flexibility index (Phi) is 5.21. The molecule has 27 heavy (non-hydrogen) atoms. The van der Waals surface area contributed by atoms with E-state index in [-0.39, 0.29) is 11.7 Å². The molecule has 1 aromatic heterocycles. The van der Waals surface area contributed by atoms with E-state index in [2.05, 4.69) is 15.1 Å². The number of benzene rings is 2. The molecule has 1 aliphatic heterocycles. The molecule has 3 aromatic rings. The van der Waals surface area contributed by atoms with E-state index in [4.69, 9.17) is 4.74 Å². The molecule has 1 saturated heterocycles. The number of hydrogen-bond donors (Lipinski definition) is 1. The molecule has 1 N–H and O–H groups in total. The molecule has 140 valence electrons. The lowest BCUT2D eigenvalue weighted by Crippen LogP contribution is -2.39. The Bertz CT molecular complexity index is 920. The second kappa shape index (κ2) is 7.92. The van der Waals surface area contributed by atoms with Crippen LogP contribution >= 0.6 is 0 Å². The number of fused-ring (bicyclic) bond motifs is 1. The fourth-order valence-electron chi connectivity index (χ4n) is 3.91. The topological polar surface area (TPSA) is 58.2 Å². The predicted molar refractivity (Wildman–Crippen MR) is 106 cm³/mol. The van der Waals surface area contributed by atoms with Crippen LogP contribution in [0.2, 0.25) is 0 Å². The summed E-state index contributed by atoms with van der Waals surface area (Å²) < 4.78 is 5.28. The lowest BCUT2D eigenvalue weighted by atomic mass is 9.89. The molecule has 1 fully saturated rings. The highest BCUT2D eigenvalue weighted by atomic mass is 16.5. The van der Waals surface area contributed by atoms with Crippen LogP contribution in [0.1, 0.15) is 28.8 Å². The summed E-state index contributed by atoms with van der Waals surface area (Å²) in [5.41, 5.74) is 2.03. The molecule has 0 unspecified atom stereocenters. The van der Waals surface area contributed by atoms with Gasteiger partial charge in [-0.1, -0.05) is 18.2 Å². The number of hydrogen-bond acceptors (Lipinski definition) is 4. The minimum absolute atomic E-state index is 0.0822. The van der Waals surface area contributed by atoms with E-state index in [1.54, 1.807) is 7.11 Å². The number of ether oxygens (including phenoxy) is 1. The number of aromatic nitrogens is 2. The van der Waals surface area contributed by atoms with E-state index in [0.717, 1.165) is 61.0 Å². The SMILES string of the molecule is COc1ccc2cc(C(=O)[C@@H]3CCCN(CCc4cn[nH]c4)C3)ccc2c1. The molecule has 0 aliphatic carbocycles. The summed E-state index contributed by atoms with van der Waals surface area (Å²) >= 11 is 0. The Balaban J connectivity index is 1.44. The van der Waals surface area contributed by atoms with Crippen LogP contribution in [0.4, 0.5) is 0 Å². The third-order valence-corrected chi connectivity index (χ3v) is 5.48. The summed E-state index contributed by atoms with van der Waals surface area (Å²) in [6.45, 7) is 2.89. The van der Waals surface area contributed by atoms with Gasteiger partial charge >= 0.3 is 0 Å². The average molecular weight is 363 g/mol. The van der Waals surface area contributed by atoms with Gasteiger partial charge < -0.3 is 9.64 Å². The van der Waals surface area contributed by atoms with Crippen LogP contribution in [0.5, 0.6) is 5.75 Å². The van der Waals surface area contributed by atoms with Gasteiger partial charge in [0.05, 0.1) is 13.3 Å². The van der Waals surface area contributed by atoms with Gasteiger partial charge in [-0.05, 0) is 60.3 Å². The van der Waals surface area contributed by atoms with Crippen LogP contribution in [0.25, 0.3) is 10.8 Å². The van der Waals surface area contributed by atoms with Gasteiger partial charge in [0, 0.05) is 30.8 Å². The molecule has 0 saturated carbocycles. The fraction of sp³-hybridized carbons (Fsp3) is 0.364. The van der Waals surface area contributed by atoms with Crippen molar-refractivity contribution in [3.8, 4) is 5.75 Å². The van der Waals surface area contributed by atoms with Crippen molar-refractivity contribution in [1.82, 2.24) is 15.1 Å². The Morgan fingerprint density at radius 2 is 2.11 bits per heavy atom. The van der Waals surface area contributed by atoms with E-state index in [9.17, 15) is 4.79 Å². The van der Waals surface area contributed by atoms with E-state index in [0.29, 0.717) is 0 Å². The number of nitrogens with zero attached hydrogens (tertiary/aromatic N) is 2. The van der Waals surface area contributed by atoms with Gasteiger partial charge in [-0.2, -0.15) is 5.10 Å². The van der Waals surface area contributed by atoms with Crippen molar-refractivity contribution >= 4 is 16.6 Å². The molecule has 0 radical (unpaired) electrons. The van der Waals surface area contributed by atoms with Crippen molar-refractivity contribution in [3.63, 3.8) is 0 Å². The summed E-state index contributed by atoms with van der Waals surface area (Å²) in [4.78, 5) is 15.5. The normalized spacial score (nSPS) is 17.9. The zero-order chi connectivity index (χ0) is 18.6. The maximum absolute atomic E-state index is 13.1. The molecular weight excluding hydrogens is 338 g/mol. The summed E-state index contributed by atoms with van der Waals surface area (Å²) in [5.74, 6) is 1.18. The molecule has 0 amide bonds. The maximum atomic E-state index is 13.1. The number of likely N-dealkylation sites (tertiary alicyclic amines) is 1. The average Bonchev–Trinajstić information content (AvgIpc) is 3.25. The number of aromatic amines is 1. The third-order valence-electron chi connectivity index (χ3n) is 5.48. The second-order valence-corrected chi connectivity index (χ2v) is 7.29. The van der Waals surface area contributed by atoms with Crippen LogP contribution in [0.3, 0.4) is 0 Å². The maximum Gasteiger partial charge on any atom is 0.167 e. The number of methoxy groups -OCH3 is 1. The van der Waals surface area contributed by atoms with Crippen molar-refractivity contribution in [1.29, 1.82) is 0 Å². The highest BCUT2D eigenvalue weighted by molar-refractivity contribution is 6.01. The zero-order valence-corrected chi connectivity index (χ0v) is 15.6. The fourth-order valence-corrected chi connectivity index (χ4v) is 3.91. The number of rotatable bonds is 6. The van der Waals surface area contributed by atoms with Crippen molar-refractivity contribution in [2.45, 2.75) is 19.3 Å². The quantitative estimate of drug-likeness (QED) is 0.678. The first kappa shape index (κ1) is 17.7. The number of piperidine rings is 1. The molecule has 1 atom stereocenters. The highest BCUT2D eigenvalue weighted by Crippen LogP contribution is 2.25. The first-order valence-corrected chi connectivity index (χ1v) is 9.55. The molecule has 4 rings (SSSR count). The monoisotopic (exact) mass is 363 g/mol. The minimum Gasteiger partial charge on any atom is -0.497 e. The molecule has 5 nitrogen and oxygen atoms in total. The van der Waals surface area contributed by atoms with Gasteiger partial charge in [-0.15, -0.1) is 0 Å². The number of ketones is 1. The predicted octanol–water partition coefficient (Wildman–Crippen LogP) is 3.71. The lowest BCUT2D eigenvalue weighted by molar-refractivity contribution is 0.0821. The van der Waals surface area contributed by atoms with Crippen LogP contribution < -0.4 is 4.74 Å². The van der Waals surface area contributed by atoms with E-state index >= 15 is 0 Å². The molecule has 2 heterocycles. The van der Waals surface area contributed by atoms with E-state index in [1.807, 2.05) is 48.8 Å². The van der Waals surface area contributed by atoms with Gasteiger partial charge in [0.2, 0.25) is 0 Å². The summed E-state index contributed by atoms with van der Waals surface area (Å²) in [5, 5.41) is 9.03. The smallest absolute Gasteiger partial charge is 0.167 e. The molecule has 2 aromatic carbocycles. The van der Waals surface area contributed by atoms with Crippen LogP contribution in [-0.2, 0) is 6.42 Å². The molecular formula is C22H25N3O2. The molecule has 0 spiro atoms. The number of H-pyrrole nitrogens is 1. The Hall–Kier alpha value is -2.66. The van der Waals surface area contributed by atoms with Crippen LogP contribution in [-0.4, -0.2) is 47.6 Å². The molecule has 1 aliphatic rings. The summed E-state index contributed by atoms with van der Waals surface area (Å²) in [6.07, 6.45) is 6.83. The number of nitrogens with one attached hydrogen (secondary N) is 1. The molecule has 5 heteroatoms. The Labute approximate surface area is 159 Å². The number of carbonyl (C=O) groups is 1. The van der Waals surface area contributed by atoms with E-state index < -0.39 is 0 Å². The minimum atomic E-state index is 0.0822. The Morgan fingerprint density at radius 3 is 2.93 bits per heavy atom. The van der Waals surface area contributed by atoms with Gasteiger partial charge in [-0.25, -0.2) is 0 Å². The highest BCUT2D eigenvalue weighted by Gasteiger charge is 2.26. The van der Waals surface area contributed by atoms with Gasteiger partial charge in [0.15, 0.2) is 5.78 Å². The van der Waals surface area contributed by atoms with Crippen molar-refractivity contribution in [2.24, 2.45) is 5.92 Å². The third kappa shape index (κ3) is 4.03.